The van der Waals surface area contributed by atoms with Crippen molar-refractivity contribution in [1.82, 2.24) is 0 Å². The van der Waals surface area contributed by atoms with Gasteiger partial charge in [-0.1, -0.05) is 0 Å². The summed E-state index contributed by atoms with van der Waals surface area (Å²) in [6.45, 7) is 1.20. The lowest BCUT2D eigenvalue weighted by Crippen LogP contribution is -2.17. The van der Waals surface area contributed by atoms with Gasteiger partial charge < -0.3 is 5.11 Å². The van der Waals surface area contributed by atoms with Gasteiger partial charge in [-0.2, -0.15) is 0 Å². The second kappa shape index (κ2) is 5.12. The zero-order valence-corrected chi connectivity index (χ0v) is 8.64. The van der Waals surface area contributed by atoms with E-state index in [1.54, 1.807) is 0 Å². The summed E-state index contributed by atoms with van der Waals surface area (Å²) in [6, 6.07) is 1.18. The number of hydrogen-bond acceptors (Lipinski definition) is 2. The minimum absolute atomic E-state index is 0.0165. The van der Waals surface area contributed by atoms with Crippen molar-refractivity contribution in [2.45, 2.75) is 25.9 Å². The highest BCUT2D eigenvalue weighted by Crippen LogP contribution is 2.16. The minimum Gasteiger partial charge on any atom is -0.385 e. The van der Waals surface area contributed by atoms with Gasteiger partial charge in [-0.25, -0.2) is 13.2 Å². The van der Waals surface area contributed by atoms with Crippen molar-refractivity contribution in [2.24, 2.45) is 0 Å². The maximum atomic E-state index is 13.1. The summed E-state index contributed by atoms with van der Waals surface area (Å²) >= 11 is 0. The number of benzene rings is 1. The van der Waals surface area contributed by atoms with Gasteiger partial charge in [0.2, 0.25) is 0 Å². The van der Waals surface area contributed by atoms with Crippen LogP contribution < -0.4 is 0 Å². The molecule has 0 aliphatic rings. The molecule has 1 N–H and O–H groups in total. The molecule has 5 heteroatoms. The molecule has 2 nitrogen and oxygen atoms in total. The van der Waals surface area contributed by atoms with E-state index in [9.17, 15) is 18.0 Å². The van der Waals surface area contributed by atoms with Crippen LogP contribution >= 0.6 is 0 Å². The molecule has 0 fully saturated rings. The van der Waals surface area contributed by atoms with E-state index in [2.05, 4.69) is 0 Å². The third kappa shape index (κ3) is 3.06. The van der Waals surface area contributed by atoms with Gasteiger partial charge in [0.25, 0.3) is 0 Å². The topological polar surface area (TPSA) is 37.3 Å². The number of ketones is 1. The van der Waals surface area contributed by atoms with Crippen LogP contribution in [0.5, 0.6) is 0 Å². The number of hydrogen-bond donors (Lipinski definition) is 1. The standard InChI is InChI=1S/C11H11F3O2/c1-6(15)11(16)3-2-7-4-9(13)10(14)5-8(7)12/h4-5,11,16H,2-3H2,1H3/t11-/m0/s1. The van der Waals surface area contributed by atoms with Crippen LogP contribution in [0.4, 0.5) is 13.2 Å². The molecule has 0 aromatic heterocycles. The largest absolute Gasteiger partial charge is 0.385 e. The number of carbonyl (C=O) groups excluding carboxylic acids is 1. The van der Waals surface area contributed by atoms with Gasteiger partial charge >= 0.3 is 0 Å². The first-order chi connectivity index (χ1) is 7.41. The van der Waals surface area contributed by atoms with E-state index in [0.29, 0.717) is 6.07 Å². The fourth-order valence-corrected chi connectivity index (χ4v) is 1.25. The van der Waals surface area contributed by atoms with Crippen molar-refractivity contribution in [1.29, 1.82) is 0 Å². The quantitative estimate of drug-likeness (QED) is 0.806. The number of aryl methyl sites for hydroxylation is 1. The SMILES string of the molecule is CC(=O)[C@@H](O)CCc1cc(F)c(F)cc1F. The summed E-state index contributed by atoms with van der Waals surface area (Å²) in [6.07, 6.45) is -1.24. The van der Waals surface area contributed by atoms with Crippen LogP contribution in [0.2, 0.25) is 0 Å². The lowest BCUT2D eigenvalue weighted by atomic mass is 10.0. The number of halogens is 3. The molecule has 0 aliphatic carbocycles. The first-order valence-corrected chi connectivity index (χ1v) is 4.73. The Morgan fingerprint density at radius 3 is 2.38 bits per heavy atom. The maximum absolute atomic E-state index is 13.1. The Labute approximate surface area is 90.7 Å². The average molecular weight is 232 g/mol. The summed E-state index contributed by atoms with van der Waals surface area (Å²) in [5, 5.41) is 9.16. The van der Waals surface area contributed by atoms with E-state index in [4.69, 9.17) is 5.11 Å². The number of aliphatic hydroxyl groups excluding tert-OH is 1. The summed E-state index contributed by atoms with van der Waals surface area (Å²) in [5.74, 6) is -3.72. The Bertz CT molecular complexity index is 404. The molecule has 1 rings (SSSR count). The summed E-state index contributed by atoms with van der Waals surface area (Å²) in [5.41, 5.74) is -0.0563. The second-order valence-electron chi connectivity index (χ2n) is 3.52. The van der Waals surface area contributed by atoms with Crippen molar-refractivity contribution in [3.05, 3.63) is 35.1 Å². The van der Waals surface area contributed by atoms with Gasteiger partial charge in [-0.15, -0.1) is 0 Å². The Morgan fingerprint density at radius 2 is 1.81 bits per heavy atom. The first kappa shape index (κ1) is 12.7. The summed E-state index contributed by atoms with van der Waals surface area (Å²) in [7, 11) is 0. The minimum atomic E-state index is -1.26. The van der Waals surface area contributed by atoms with Crippen molar-refractivity contribution < 1.29 is 23.1 Å². The van der Waals surface area contributed by atoms with Gasteiger partial charge in [-0.05, 0) is 31.4 Å². The molecule has 1 atom stereocenters. The Kier molecular flexibility index (Phi) is 4.06. The number of Topliss-reactive ketones (excluding diaryl/α,β-unsaturated/α-hetero) is 1. The molecule has 1 aromatic carbocycles. The van der Waals surface area contributed by atoms with Crippen LogP contribution in [0.15, 0.2) is 12.1 Å². The van der Waals surface area contributed by atoms with Gasteiger partial charge in [0.15, 0.2) is 17.4 Å². The molecule has 0 aliphatic heterocycles. The monoisotopic (exact) mass is 232 g/mol. The molecule has 0 unspecified atom stereocenters. The number of aliphatic hydroxyl groups is 1. The Morgan fingerprint density at radius 1 is 1.25 bits per heavy atom. The molecule has 0 saturated carbocycles. The van der Waals surface area contributed by atoms with Crippen LogP contribution in [-0.2, 0) is 11.2 Å². The van der Waals surface area contributed by atoms with Crippen LogP contribution in [-0.4, -0.2) is 17.0 Å². The fraction of sp³-hybridized carbons (Fsp3) is 0.364. The van der Waals surface area contributed by atoms with E-state index in [1.165, 1.54) is 6.92 Å². The molecular formula is C11H11F3O2. The van der Waals surface area contributed by atoms with Crippen LogP contribution in [0.25, 0.3) is 0 Å². The normalized spacial score (nSPS) is 12.6. The zero-order chi connectivity index (χ0) is 12.3. The number of rotatable bonds is 4. The predicted molar refractivity (Wildman–Crippen MR) is 51.3 cm³/mol. The molecule has 0 bridgehead atoms. The van der Waals surface area contributed by atoms with Gasteiger partial charge in [0, 0.05) is 6.07 Å². The molecule has 0 saturated heterocycles. The fourth-order valence-electron chi connectivity index (χ4n) is 1.25. The molecule has 16 heavy (non-hydrogen) atoms. The van der Waals surface area contributed by atoms with Crippen LogP contribution in [0.1, 0.15) is 18.9 Å². The third-order valence-corrected chi connectivity index (χ3v) is 2.25. The van der Waals surface area contributed by atoms with Crippen LogP contribution in [0.3, 0.4) is 0 Å². The Hall–Kier alpha value is -1.36. The van der Waals surface area contributed by atoms with E-state index >= 15 is 0 Å². The summed E-state index contributed by atoms with van der Waals surface area (Å²) in [4.78, 5) is 10.7. The lowest BCUT2D eigenvalue weighted by Gasteiger charge is -2.07. The van der Waals surface area contributed by atoms with Gasteiger partial charge in [0.1, 0.15) is 11.9 Å². The van der Waals surface area contributed by atoms with E-state index < -0.39 is 29.3 Å². The molecule has 0 heterocycles. The van der Waals surface area contributed by atoms with Crippen molar-refractivity contribution in [3.8, 4) is 0 Å². The first-order valence-electron chi connectivity index (χ1n) is 4.73. The highest BCUT2D eigenvalue weighted by molar-refractivity contribution is 5.80. The molecule has 88 valence electrons. The smallest absolute Gasteiger partial charge is 0.161 e. The zero-order valence-electron chi connectivity index (χ0n) is 8.64. The highest BCUT2D eigenvalue weighted by atomic mass is 19.2. The lowest BCUT2D eigenvalue weighted by molar-refractivity contribution is -0.125. The molecule has 0 radical (unpaired) electrons. The van der Waals surface area contributed by atoms with Crippen molar-refractivity contribution in [2.75, 3.05) is 0 Å². The average Bonchev–Trinajstić information content (AvgIpc) is 2.20. The summed E-state index contributed by atoms with van der Waals surface area (Å²) < 4.78 is 38.4. The Balaban J connectivity index is 2.74. The van der Waals surface area contributed by atoms with Gasteiger partial charge in [0.05, 0.1) is 0 Å². The van der Waals surface area contributed by atoms with E-state index in [1.807, 2.05) is 0 Å². The van der Waals surface area contributed by atoms with Crippen molar-refractivity contribution in [3.63, 3.8) is 0 Å². The van der Waals surface area contributed by atoms with Gasteiger partial charge in [-0.3, -0.25) is 4.79 Å². The molecule has 0 spiro atoms. The third-order valence-electron chi connectivity index (χ3n) is 2.25. The maximum Gasteiger partial charge on any atom is 0.161 e. The molecule has 0 amide bonds. The number of carbonyl (C=O) groups is 1. The van der Waals surface area contributed by atoms with Crippen molar-refractivity contribution >= 4 is 5.78 Å². The predicted octanol–water partition coefficient (Wildman–Crippen LogP) is 1.99. The molecular weight excluding hydrogens is 221 g/mol. The second-order valence-corrected chi connectivity index (χ2v) is 3.52. The highest BCUT2D eigenvalue weighted by Gasteiger charge is 2.13. The van der Waals surface area contributed by atoms with E-state index in [0.717, 1.165) is 6.07 Å². The van der Waals surface area contributed by atoms with Crippen LogP contribution in [0, 0.1) is 17.5 Å². The molecule has 1 aromatic rings. The van der Waals surface area contributed by atoms with E-state index in [-0.39, 0.29) is 18.4 Å².